The van der Waals surface area contributed by atoms with Gasteiger partial charge in [0.1, 0.15) is 0 Å². The molecule has 1 aliphatic carbocycles. The van der Waals surface area contributed by atoms with Gasteiger partial charge in [0.2, 0.25) is 0 Å². The van der Waals surface area contributed by atoms with E-state index < -0.39 is 0 Å². The predicted molar refractivity (Wildman–Crippen MR) is 81.2 cm³/mol. The highest BCUT2D eigenvalue weighted by Crippen LogP contribution is 2.46. The smallest absolute Gasteiger partial charge is 0.0576 e. The van der Waals surface area contributed by atoms with Gasteiger partial charge in [-0.05, 0) is 55.8 Å². The maximum atomic E-state index is 5.77. The van der Waals surface area contributed by atoms with E-state index in [0.717, 1.165) is 23.3 Å². The zero-order valence-corrected chi connectivity index (χ0v) is 13.8. The van der Waals surface area contributed by atoms with Crippen molar-refractivity contribution >= 4 is 15.9 Å². The molecule has 0 bridgehead atoms. The molecule has 2 heteroatoms. The first-order chi connectivity index (χ1) is 8.49. The molecule has 1 saturated carbocycles. The molecule has 0 amide bonds. The fourth-order valence-electron chi connectivity index (χ4n) is 3.78. The van der Waals surface area contributed by atoms with Crippen LogP contribution in [-0.4, -0.2) is 17.5 Å². The van der Waals surface area contributed by atoms with E-state index in [9.17, 15) is 0 Å². The number of hydrogen-bond donors (Lipinski definition) is 0. The summed E-state index contributed by atoms with van der Waals surface area (Å²) in [4.78, 5) is 0.723. The SMILES string of the molecule is CC1CCC(C(C)(C)CCC2CCCO2)C(Br)C1. The Morgan fingerprint density at radius 1 is 1.22 bits per heavy atom. The summed E-state index contributed by atoms with van der Waals surface area (Å²) in [6, 6.07) is 0. The summed E-state index contributed by atoms with van der Waals surface area (Å²) in [5.41, 5.74) is 0.459. The second-order valence-electron chi connectivity index (χ2n) is 7.20. The van der Waals surface area contributed by atoms with E-state index in [2.05, 4.69) is 36.7 Å². The fourth-order valence-corrected chi connectivity index (χ4v) is 5.40. The van der Waals surface area contributed by atoms with E-state index >= 15 is 0 Å². The van der Waals surface area contributed by atoms with Crippen molar-refractivity contribution in [1.82, 2.24) is 0 Å². The van der Waals surface area contributed by atoms with Gasteiger partial charge in [-0.3, -0.25) is 0 Å². The molecule has 1 aliphatic heterocycles. The van der Waals surface area contributed by atoms with E-state index in [1.165, 1.54) is 44.9 Å². The topological polar surface area (TPSA) is 9.23 Å². The Bertz CT molecular complexity index is 258. The lowest BCUT2D eigenvalue weighted by molar-refractivity contribution is 0.0718. The van der Waals surface area contributed by atoms with Gasteiger partial charge in [-0.25, -0.2) is 0 Å². The molecule has 1 heterocycles. The number of alkyl halides is 1. The first-order valence-corrected chi connectivity index (χ1v) is 8.66. The predicted octanol–water partition coefficient (Wildman–Crippen LogP) is 5.17. The van der Waals surface area contributed by atoms with Crippen LogP contribution in [0.25, 0.3) is 0 Å². The molecule has 106 valence electrons. The summed E-state index contributed by atoms with van der Waals surface area (Å²) >= 11 is 3.95. The molecule has 2 fully saturated rings. The summed E-state index contributed by atoms with van der Waals surface area (Å²) in [6.45, 7) is 8.32. The molecule has 2 aliphatic rings. The van der Waals surface area contributed by atoms with Gasteiger partial charge in [0.25, 0.3) is 0 Å². The largest absolute Gasteiger partial charge is 0.378 e. The third kappa shape index (κ3) is 3.72. The first kappa shape index (κ1) is 14.8. The monoisotopic (exact) mass is 316 g/mol. The third-order valence-electron chi connectivity index (χ3n) is 5.17. The van der Waals surface area contributed by atoms with Gasteiger partial charge in [-0.2, -0.15) is 0 Å². The molecule has 1 saturated heterocycles. The van der Waals surface area contributed by atoms with Crippen LogP contribution in [0.5, 0.6) is 0 Å². The highest BCUT2D eigenvalue weighted by Gasteiger charge is 2.38. The molecule has 1 nitrogen and oxygen atoms in total. The van der Waals surface area contributed by atoms with Crippen LogP contribution in [0.2, 0.25) is 0 Å². The Labute approximate surface area is 121 Å². The van der Waals surface area contributed by atoms with Crippen molar-refractivity contribution in [2.75, 3.05) is 6.61 Å². The Morgan fingerprint density at radius 2 is 2.00 bits per heavy atom. The summed E-state index contributed by atoms with van der Waals surface area (Å²) < 4.78 is 5.77. The third-order valence-corrected chi connectivity index (χ3v) is 6.18. The van der Waals surface area contributed by atoms with Crippen molar-refractivity contribution in [2.24, 2.45) is 17.3 Å². The second kappa shape index (κ2) is 6.26. The molecular formula is C16H29BrO. The summed E-state index contributed by atoms with van der Waals surface area (Å²) in [7, 11) is 0. The number of hydrogen-bond acceptors (Lipinski definition) is 1. The average Bonchev–Trinajstić information content (AvgIpc) is 2.78. The van der Waals surface area contributed by atoms with Crippen molar-refractivity contribution in [3.8, 4) is 0 Å². The second-order valence-corrected chi connectivity index (χ2v) is 8.38. The van der Waals surface area contributed by atoms with Crippen molar-refractivity contribution in [3.05, 3.63) is 0 Å². The van der Waals surface area contributed by atoms with Crippen molar-refractivity contribution in [2.45, 2.75) is 76.6 Å². The van der Waals surface area contributed by atoms with Crippen LogP contribution in [0.3, 0.4) is 0 Å². The Balaban J connectivity index is 1.84. The lowest BCUT2D eigenvalue weighted by atomic mass is 9.67. The van der Waals surface area contributed by atoms with Gasteiger partial charge < -0.3 is 4.74 Å². The summed E-state index contributed by atoms with van der Waals surface area (Å²) in [6.07, 6.45) is 9.86. The van der Waals surface area contributed by atoms with E-state index in [4.69, 9.17) is 4.74 Å². The number of ether oxygens (including phenoxy) is 1. The summed E-state index contributed by atoms with van der Waals surface area (Å²) in [5, 5.41) is 0. The van der Waals surface area contributed by atoms with Gasteiger partial charge in [-0.15, -0.1) is 0 Å². The number of halogens is 1. The van der Waals surface area contributed by atoms with Gasteiger partial charge in [0.15, 0.2) is 0 Å². The molecule has 0 N–H and O–H groups in total. The Hall–Kier alpha value is 0.440. The molecule has 18 heavy (non-hydrogen) atoms. The van der Waals surface area contributed by atoms with Crippen LogP contribution >= 0.6 is 15.9 Å². The first-order valence-electron chi connectivity index (χ1n) is 7.74. The minimum absolute atomic E-state index is 0.459. The van der Waals surface area contributed by atoms with Crippen LogP contribution in [0, 0.1) is 17.3 Å². The van der Waals surface area contributed by atoms with Crippen LogP contribution in [0.4, 0.5) is 0 Å². The lowest BCUT2D eigenvalue weighted by Crippen LogP contribution is -2.36. The fraction of sp³-hybridized carbons (Fsp3) is 1.00. The molecule has 0 spiro atoms. The minimum atomic E-state index is 0.459. The maximum Gasteiger partial charge on any atom is 0.0576 e. The zero-order chi connectivity index (χ0) is 13.2. The molecular weight excluding hydrogens is 288 g/mol. The van der Waals surface area contributed by atoms with E-state index in [0.29, 0.717) is 11.5 Å². The number of rotatable bonds is 4. The molecule has 0 radical (unpaired) electrons. The molecule has 2 rings (SSSR count). The van der Waals surface area contributed by atoms with Gasteiger partial charge >= 0.3 is 0 Å². The molecule has 0 aromatic heterocycles. The normalized spacial score (nSPS) is 38.0. The van der Waals surface area contributed by atoms with Crippen LogP contribution in [-0.2, 0) is 4.74 Å². The van der Waals surface area contributed by atoms with Crippen molar-refractivity contribution < 1.29 is 4.74 Å². The quantitative estimate of drug-likeness (QED) is 0.650. The van der Waals surface area contributed by atoms with E-state index in [1.54, 1.807) is 0 Å². The lowest BCUT2D eigenvalue weighted by Gasteiger charge is -2.42. The van der Waals surface area contributed by atoms with Crippen LogP contribution in [0.1, 0.15) is 65.7 Å². The highest BCUT2D eigenvalue weighted by molar-refractivity contribution is 9.09. The Kier molecular flexibility index (Phi) is 5.16. The van der Waals surface area contributed by atoms with E-state index in [1.807, 2.05) is 0 Å². The minimum Gasteiger partial charge on any atom is -0.378 e. The highest BCUT2D eigenvalue weighted by atomic mass is 79.9. The molecule has 4 unspecified atom stereocenters. The van der Waals surface area contributed by atoms with Crippen molar-refractivity contribution in [1.29, 1.82) is 0 Å². The average molecular weight is 317 g/mol. The van der Waals surface area contributed by atoms with Crippen LogP contribution in [0.15, 0.2) is 0 Å². The van der Waals surface area contributed by atoms with Gasteiger partial charge in [0.05, 0.1) is 6.10 Å². The zero-order valence-electron chi connectivity index (χ0n) is 12.3. The van der Waals surface area contributed by atoms with Gasteiger partial charge in [0, 0.05) is 11.4 Å². The molecule has 4 atom stereocenters. The molecule has 0 aromatic rings. The van der Waals surface area contributed by atoms with Crippen molar-refractivity contribution in [3.63, 3.8) is 0 Å². The Morgan fingerprint density at radius 3 is 2.61 bits per heavy atom. The standard InChI is InChI=1S/C16H29BrO/c1-12-6-7-14(15(17)11-12)16(2,3)9-8-13-5-4-10-18-13/h12-15H,4-11H2,1-3H3. The maximum absolute atomic E-state index is 5.77. The van der Waals surface area contributed by atoms with Crippen LogP contribution < -0.4 is 0 Å². The molecule has 0 aromatic carbocycles. The van der Waals surface area contributed by atoms with Gasteiger partial charge in [-0.1, -0.05) is 43.1 Å². The summed E-state index contributed by atoms with van der Waals surface area (Å²) in [5.74, 6) is 1.75. The van der Waals surface area contributed by atoms with E-state index in [-0.39, 0.29) is 0 Å².